The topological polar surface area (TPSA) is 46.5 Å². The van der Waals surface area contributed by atoms with Gasteiger partial charge in [-0.1, -0.05) is 0 Å². The van der Waals surface area contributed by atoms with Crippen LogP contribution in [0.15, 0.2) is 18.2 Å². The largest absolute Gasteiger partial charge is 0.493 e. The summed E-state index contributed by atoms with van der Waals surface area (Å²) in [6.45, 7) is 0.393. The van der Waals surface area contributed by atoms with Crippen LogP contribution in [0.5, 0.6) is 5.75 Å². The van der Waals surface area contributed by atoms with E-state index in [-0.39, 0.29) is 11.3 Å². The average molecular weight is 244 g/mol. The number of ether oxygens (including phenoxy) is 1. The van der Waals surface area contributed by atoms with Gasteiger partial charge in [-0.05, 0) is 30.6 Å². The van der Waals surface area contributed by atoms with E-state index in [9.17, 15) is 9.18 Å². The van der Waals surface area contributed by atoms with Crippen LogP contribution in [-0.4, -0.2) is 29.7 Å². The number of carboxylic acids is 1. The lowest BCUT2D eigenvalue weighted by molar-refractivity contribution is 0.0692. The van der Waals surface area contributed by atoms with E-state index in [1.807, 2.05) is 6.26 Å². The van der Waals surface area contributed by atoms with Gasteiger partial charge < -0.3 is 9.84 Å². The summed E-state index contributed by atoms with van der Waals surface area (Å²) in [4.78, 5) is 10.8. The summed E-state index contributed by atoms with van der Waals surface area (Å²) < 4.78 is 18.2. The first-order valence-electron chi connectivity index (χ1n) is 4.79. The fourth-order valence-electron chi connectivity index (χ4n) is 1.18. The predicted molar refractivity (Wildman–Crippen MR) is 61.9 cm³/mol. The fourth-order valence-corrected chi connectivity index (χ4v) is 1.58. The van der Waals surface area contributed by atoms with Gasteiger partial charge in [-0.3, -0.25) is 0 Å². The smallest absolute Gasteiger partial charge is 0.339 e. The number of halogens is 1. The summed E-state index contributed by atoms with van der Waals surface area (Å²) in [5.74, 6) is -0.587. The molecule has 0 aliphatic rings. The Morgan fingerprint density at radius 2 is 2.31 bits per heavy atom. The average Bonchev–Trinajstić information content (AvgIpc) is 2.24. The Labute approximate surface area is 97.6 Å². The lowest BCUT2D eigenvalue weighted by Crippen LogP contribution is -2.05. The minimum Gasteiger partial charge on any atom is -0.493 e. The molecule has 0 spiro atoms. The van der Waals surface area contributed by atoms with Gasteiger partial charge in [0.2, 0.25) is 0 Å². The number of hydrogen-bond acceptors (Lipinski definition) is 3. The van der Waals surface area contributed by atoms with Crippen LogP contribution in [0.4, 0.5) is 4.39 Å². The first-order valence-corrected chi connectivity index (χ1v) is 6.19. The summed E-state index contributed by atoms with van der Waals surface area (Å²) in [6.07, 6.45) is 2.78. The molecule has 0 atom stereocenters. The molecule has 0 fully saturated rings. The van der Waals surface area contributed by atoms with Crippen molar-refractivity contribution in [2.45, 2.75) is 6.42 Å². The van der Waals surface area contributed by atoms with Gasteiger partial charge in [0.25, 0.3) is 0 Å². The third-order valence-electron chi connectivity index (χ3n) is 1.92. The molecule has 0 saturated carbocycles. The second-order valence-corrected chi connectivity index (χ2v) is 4.13. The Kier molecular flexibility index (Phi) is 5.11. The fraction of sp³-hybridized carbons (Fsp3) is 0.364. The van der Waals surface area contributed by atoms with Crippen LogP contribution in [-0.2, 0) is 0 Å². The third-order valence-corrected chi connectivity index (χ3v) is 2.62. The molecule has 0 radical (unpaired) electrons. The van der Waals surface area contributed by atoms with Crippen molar-refractivity contribution in [3.8, 4) is 5.75 Å². The van der Waals surface area contributed by atoms with E-state index < -0.39 is 11.8 Å². The number of benzene rings is 1. The minimum absolute atomic E-state index is 0.00875. The van der Waals surface area contributed by atoms with Crippen molar-refractivity contribution < 1.29 is 19.0 Å². The van der Waals surface area contributed by atoms with Crippen molar-refractivity contribution in [1.82, 2.24) is 0 Å². The molecule has 1 aromatic carbocycles. The SMILES string of the molecule is CSCCCOc1cc(F)ccc1C(=O)O. The standard InChI is InChI=1S/C11H13FO3S/c1-16-6-2-5-15-10-7-8(12)3-4-9(10)11(13)14/h3-4,7H,2,5-6H2,1H3,(H,13,14). The molecule has 1 rings (SSSR count). The van der Waals surface area contributed by atoms with Crippen LogP contribution in [0.1, 0.15) is 16.8 Å². The maximum atomic E-state index is 12.9. The van der Waals surface area contributed by atoms with Gasteiger partial charge in [0, 0.05) is 6.07 Å². The van der Waals surface area contributed by atoms with Crippen molar-refractivity contribution in [3.63, 3.8) is 0 Å². The van der Waals surface area contributed by atoms with Gasteiger partial charge in [-0.2, -0.15) is 11.8 Å². The Balaban J connectivity index is 2.68. The molecule has 0 bridgehead atoms. The van der Waals surface area contributed by atoms with E-state index in [2.05, 4.69) is 0 Å². The number of hydrogen-bond donors (Lipinski definition) is 1. The van der Waals surface area contributed by atoms with Crippen molar-refractivity contribution in [2.75, 3.05) is 18.6 Å². The predicted octanol–water partition coefficient (Wildman–Crippen LogP) is 2.66. The first-order chi connectivity index (χ1) is 7.65. The second-order valence-electron chi connectivity index (χ2n) is 3.14. The summed E-state index contributed by atoms with van der Waals surface area (Å²) in [5, 5.41) is 8.85. The van der Waals surface area contributed by atoms with E-state index in [4.69, 9.17) is 9.84 Å². The summed E-state index contributed by atoms with van der Waals surface area (Å²) in [7, 11) is 0. The molecule has 0 aliphatic heterocycles. The number of carbonyl (C=O) groups is 1. The lowest BCUT2D eigenvalue weighted by Gasteiger charge is -2.08. The van der Waals surface area contributed by atoms with Gasteiger partial charge in [-0.15, -0.1) is 0 Å². The van der Waals surface area contributed by atoms with Crippen molar-refractivity contribution >= 4 is 17.7 Å². The Bertz CT molecular complexity index is 368. The molecule has 88 valence electrons. The number of aromatic carboxylic acids is 1. The number of carboxylic acid groups (broad SMARTS) is 1. The van der Waals surface area contributed by atoms with Gasteiger partial charge in [0.15, 0.2) is 0 Å². The highest BCUT2D eigenvalue weighted by atomic mass is 32.2. The summed E-state index contributed by atoms with van der Waals surface area (Å²) >= 11 is 1.68. The molecule has 0 aliphatic carbocycles. The zero-order valence-corrected chi connectivity index (χ0v) is 9.72. The highest BCUT2D eigenvalue weighted by molar-refractivity contribution is 7.98. The Morgan fingerprint density at radius 3 is 2.94 bits per heavy atom. The molecule has 1 N–H and O–H groups in total. The van der Waals surface area contributed by atoms with Gasteiger partial charge >= 0.3 is 5.97 Å². The van der Waals surface area contributed by atoms with Crippen molar-refractivity contribution in [3.05, 3.63) is 29.6 Å². The van der Waals surface area contributed by atoms with Gasteiger partial charge in [-0.25, -0.2) is 9.18 Å². The lowest BCUT2D eigenvalue weighted by atomic mass is 10.2. The molecule has 3 nitrogen and oxygen atoms in total. The van der Waals surface area contributed by atoms with E-state index in [1.54, 1.807) is 11.8 Å². The zero-order chi connectivity index (χ0) is 12.0. The molecular formula is C11H13FO3S. The molecule has 0 saturated heterocycles. The normalized spacial score (nSPS) is 10.1. The van der Waals surface area contributed by atoms with E-state index in [0.29, 0.717) is 6.61 Å². The summed E-state index contributed by atoms with van der Waals surface area (Å²) in [6, 6.07) is 3.42. The van der Waals surface area contributed by atoms with E-state index >= 15 is 0 Å². The van der Waals surface area contributed by atoms with Crippen LogP contribution in [0, 0.1) is 5.82 Å². The molecule has 0 aromatic heterocycles. The summed E-state index contributed by atoms with van der Waals surface area (Å²) in [5.41, 5.74) is -0.00875. The molecule has 0 heterocycles. The minimum atomic E-state index is -1.11. The monoisotopic (exact) mass is 244 g/mol. The molecule has 1 aromatic rings. The molecule has 0 amide bonds. The van der Waals surface area contributed by atoms with E-state index in [0.717, 1.165) is 24.3 Å². The highest BCUT2D eigenvalue weighted by Crippen LogP contribution is 2.20. The van der Waals surface area contributed by atoms with Crippen molar-refractivity contribution in [2.24, 2.45) is 0 Å². The quantitative estimate of drug-likeness (QED) is 0.781. The van der Waals surface area contributed by atoms with Crippen LogP contribution >= 0.6 is 11.8 Å². The molecule has 0 unspecified atom stereocenters. The molecule has 16 heavy (non-hydrogen) atoms. The maximum Gasteiger partial charge on any atom is 0.339 e. The second kappa shape index (κ2) is 6.37. The van der Waals surface area contributed by atoms with Crippen LogP contribution in [0.25, 0.3) is 0 Å². The van der Waals surface area contributed by atoms with Crippen LogP contribution in [0.3, 0.4) is 0 Å². The van der Waals surface area contributed by atoms with Crippen LogP contribution < -0.4 is 4.74 Å². The number of rotatable bonds is 6. The highest BCUT2D eigenvalue weighted by Gasteiger charge is 2.11. The first kappa shape index (κ1) is 12.8. The van der Waals surface area contributed by atoms with Crippen LogP contribution in [0.2, 0.25) is 0 Å². The van der Waals surface area contributed by atoms with Crippen molar-refractivity contribution in [1.29, 1.82) is 0 Å². The Morgan fingerprint density at radius 1 is 1.56 bits per heavy atom. The zero-order valence-electron chi connectivity index (χ0n) is 8.90. The van der Waals surface area contributed by atoms with Gasteiger partial charge in [0.05, 0.1) is 6.61 Å². The maximum absolute atomic E-state index is 12.9. The number of thioether (sulfide) groups is 1. The molecule has 5 heteroatoms. The Hall–Kier alpha value is -1.23. The van der Waals surface area contributed by atoms with Gasteiger partial charge in [0.1, 0.15) is 17.1 Å². The van der Waals surface area contributed by atoms with E-state index in [1.165, 1.54) is 6.07 Å². The molecular weight excluding hydrogens is 231 g/mol. The third kappa shape index (κ3) is 3.73.